The topological polar surface area (TPSA) is 12.9 Å². The van der Waals surface area contributed by atoms with Crippen LogP contribution in [0.5, 0.6) is 0 Å². The van der Waals surface area contributed by atoms with Crippen LogP contribution in [0.3, 0.4) is 0 Å². The highest BCUT2D eigenvalue weighted by molar-refractivity contribution is 6.35. The third-order valence-corrected chi connectivity index (χ3v) is 2.42. The molecule has 0 bridgehead atoms. The fourth-order valence-corrected chi connectivity index (χ4v) is 1.94. The molecule has 2 rings (SSSR count). The van der Waals surface area contributed by atoms with Gasteiger partial charge in [-0.15, -0.1) is 0 Å². The van der Waals surface area contributed by atoms with E-state index in [0.717, 1.165) is 21.6 Å². The molecule has 2 aromatic rings. The van der Waals surface area contributed by atoms with Crippen molar-refractivity contribution < 1.29 is 0 Å². The predicted octanol–water partition coefficient (Wildman–Crippen LogP) is 3.51. The Morgan fingerprint density at radius 3 is 2.77 bits per heavy atom. The summed E-state index contributed by atoms with van der Waals surface area (Å²) in [5.74, 6) is 0. The minimum Gasteiger partial charge on any atom is -0.253 e. The molecule has 0 aliphatic carbocycles. The van der Waals surface area contributed by atoms with E-state index in [1.54, 1.807) is 0 Å². The lowest BCUT2D eigenvalue weighted by molar-refractivity contribution is 1.25. The van der Waals surface area contributed by atoms with Gasteiger partial charge in [0, 0.05) is 11.1 Å². The molecule has 13 heavy (non-hydrogen) atoms. The van der Waals surface area contributed by atoms with E-state index in [2.05, 4.69) is 4.98 Å². The fraction of sp³-hybridized carbons (Fsp3) is 0.182. The zero-order chi connectivity index (χ0) is 9.42. The third kappa shape index (κ3) is 1.40. The van der Waals surface area contributed by atoms with Gasteiger partial charge in [-0.2, -0.15) is 0 Å². The molecule has 1 aromatic carbocycles. The Hall–Kier alpha value is -1.08. The summed E-state index contributed by atoms with van der Waals surface area (Å²) < 4.78 is 0. The summed E-state index contributed by atoms with van der Waals surface area (Å²) >= 11 is 6.13. The molecule has 0 N–H and O–H groups in total. The maximum absolute atomic E-state index is 6.13. The van der Waals surface area contributed by atoms with Crippen LogP contribution in [0.2, 0.25) is 5.02 Å². The van der Waals surface area contributed by atoms with Gasteiger partial charge in [0.1, 0.15) is 0 Å². The SMILES string of the molecule is Cc1cc(Cl)c2c(C)cccc2n1. The highest BCUT2D eigenvalue weighted by atomic mass is 35.5. The van der Waals surface area contributed by atoms with Gasteiger partial charge in [-0.05, 0) is 31.5 Å². The molecule has 1 aromatic heterocycles. The third-order valence-electron chi connectivity index (χ3n) is 2.12. The van der Waals surface area contributed by atoms with Crippen molar-refractivity contribution in [1.29, 1.82) is 0 Å². The number of aryl methyl sites for hydroxylation is 2. The average Bonchev–Trinajstić information content (AvgIpc) is 2.02. The zero-order valence-electron chi connectivity index (χ0n) is 7.63. The second kappa shape index (κ2) is 3.00. The van der Waals surface area contributed by atoms with Gasteiger partial charge in [-0.25, -0.2) is 0 Å². The van der Waals surface area contributed by atoms with Gasteiger partial charge < -0.3 is 0 Å². The van der Waals surface area contributed by atoms with Crippen molar-refractivity contribution in [2.75, 3.05) is 0 Å². The maximum atomic E-state index is 6.13. The van der Waals surface area contributed by atoms with Crippen LogP contribution in [-0.4, -0.2) is 4.98 Å². The van der Waals surface area contributed by atoms with Gasteiger partial charge >= 0.3 is 0 Å². The molecule has 0 aliphatic heterocycles. The monoisotopic (exact) mass is 191 g/mol. The molecule has 1 heterocycles. The molecule has 0 saturated heterocycles. The summed E-state index contributed by atoms with van der Waals surface area (Å²) in [5, 5.41) is 1.86. The first-order valence-corrected chi connectivity index (χ1v) is 4.59. The number of fused-ring (bicyclic) bond motifs is 1. The minimum absolute atomic E-state index is 0.792. The molecular formula is C11H10ClN. The Morgan fingerprint density at radius 2 is 2.00 bits per heavy atom. The lowest BCUT2D eigenvalue weighted by Crippen LogP contribution is -1.86. The van der Waals surface area contributed by atoms with Crippen LogP contribution in [0.15, 0.2) is 24.3 Å². The summed E-state index contributed by atoms with van der Waals surface area (Å²) in [6.45, 7) is 4.00. The minimum atomic E-state index is 0.792. The maximum Gasteiger partial charge on any atom is 0.0722 e. The van der Waals surface area contributed by atoms with E-state index in [1.165, 1.54) is 5.56 Å². The molecule has 0 radical (unpaired) electrons. The van der Waals surface area contributed by atoms with E-state index in [-0.39, 0.29) is 0 Å². The van der Waals surface area contributed by atoms with Crippen LogP contribution in [0.4, 0.5) is 0 Å². The first kappa shape index (κ1) is 8.52. The van der Waals surface area contributed by atoms with Gasteiger partial charge in [-0.3, -0.25) is 4.98 Å². The van der Waals surface area contributed by atoms with Gasteiger partial charge in [0.2, 0.25) is 0 Å². The van der Waals surface area contributed by atoms with E-state index < -0.39 is 0 Å². The van der Waals surface area contributed by atoms with Crippen LogP contribution in [-0.2, 0) is 0 Å². The fourth-order valence-electron chi connectivity index (χ4n) is 1.53. The molecule has 66 valence electrons. The summed E-state index contributed by atoms with van der Waals surface area (Å²) in [6.07, 6.45) is 0. The van der Waals surface area contributed by atoms with Crippen LogP contribution in [0, 0.1) is 13.8 Å². The van der Waals surface area contributed by atoms with E-state index in [4.69, 9.17) is 11.6 Å². The smallest absolute Gasteiger partial charge is 0.0722 e. The van der Waals surface area contributed by atoms with Gasteiger partial charge in [0.25, 0.3) is 0 Å². The standard InChI is InChI=1S/C11H10ClN/c1-7-4-3-5-10-11(7)9(12)6-8(2)13-10/h3-6H,1-2H3. The second-order valence-electron chi connectivity index (χ2n) is 3.21. The summed E-state index contributed by atoms with van der Waals surface area (Å²) in [7, 11) is 0. The Morgan fingerprint density at radius 1 is 1.23 bits per heavy atom. The molecule has 2 heteroatoms. The van der Waals surface area contributed by atoms with Crippen molar-refractivity contribution in [3.8, 4) is 0 Å². The van der Waals surface area contributed by atoms with Crippen LogP contribution in [0.1, 0.15) is 11.3 Å². The summed E-state index contributed by atoms with van der Waals surface area (Å²) in [6, 6.07) is 7.93. The second-order valence-corrected chi connectivity index (χ2v) is 3.62. The number of aromatic nitrogens is 1. The number of benzene rings is 1. The Balaban J connectivity index is 2.94. The van der Waals surface area contributed by atoms with Crippen molar-refractivity contribution in [3.63, 3.8) is 0 Å². The van der Waals surface area contributed by atoms with Crippen molar-refractivity contribution in [1.82, 2.24) is 4.98 Å². The molecule has 0 unspecified atom stereocenters. The molecule has 0 fully saturated rings. The van der Waals surface area contributed by atoms with E-state index in [1.807, 2.05) is 38.1 Å². The summed E-state index contributed by atoms with van der Waals surface area (Å²) in [5.41, 5.74) is 3.11. The summed E-state index contributed by atoms with van der Waals surface area (Å²) in [4.78, 5) is 4.41. The number of rotatable bonds is 0. The molecule has 0 spiro atoms. The van der Waals surface area contributed by atoms with Crippen LogP contribution < -0.4 is 0 Å². The Labute approximate surface area is 82.4 Å². The first-order valence-electron chi connectivity index (χ1n) is 4.21. The first-order chi connectivity index (χ1) is 6.18. The van der Waals surface area contributed by atoms with Crippen LogP contribution in [0.25, 0.3) is 10.9 Å². The highest BCUT2D eigenvalue weighted by Crippen LogP contribution is 2.25. The lowest BCUT2D eigenvalue weighted by Gasteiger charge is -2.04. The quantitative estimate of drug-likeness (QED) is 0.621. The average molecular weight is 192 g/mol. The van der Waals surface area contributed by atoms with Gasteiger partial charge in [-0.1, -0.05) is 23.7 Å². The molecule has 0 aliphatic rings. The Bertz CT molecular complexity index is 463. The van der Waals surface area contributed by atoms with Crippen molar-refractivity contribution >= 4 is 22.5 Å². The lowest BCUT2D eigenvalue weighted by atomic mass is 10.1. The van der Waals surface area contributed by atoms with E-state index in [9.17, 15) is 0 Å². The predicted molar refractivity (Wildman–Crippen MR) is 56.2 cm³/mol. The molecule has 0 saturated carbocycles. The number of hydrogen-bond acceptors (Lipinski definition) is 1. The van der Waals surface area contributed by atoms with Crippen LogP contribution >= 0.6 is 11.6 Å². The number of nitrogens with zero attached hydrogens (tertiary/aromatic N) is 1. The van der Waals surface area contributed by atoms with Crippen molar-refractivity contribution in [2.24, 2.45) is 0 Å². The highest BCUT2D eigenvalue weighted by Gasteiger charge is 2.03. The zero-order valence-corrected chi connectivity index (χ0v) is 8.39. The Kier molecular flexibility index (Phi) is 1.97. The largest absolute Gasteiger partial charge is 0.253 e. The van der Waals surface area contributed by atoms with Crippen molar-refractivity contribution in [2.45, 2.75) is 13.8 Å². The van der Waals surface area contributed by atoms with Gasteiger partial charge in [0.05, 0.1) is 10.5 Å². The molecule has 0 atom stereocenters. The van der Waals surface area contributed by atoms with Crippen molar-refractivity contribution in [3.05, 3.63) is 40.5 Å². The molecule has 0 amide bonds. The molecule has 1 nitrogen and oxygen atoms in total. The number of hydrogen-bond donors (Lipinski definition) is 0. The van der Waals surface area contributed by atoms with E-state index >= 15 is 0 Å². The number of halogens is 1. The van der Waals surface area contributed by atoms with E-state index in [0.29, 0.717) is 0 Å². The molecular weight excluding hydrogens is 182 g/mol. The van der Waals surface area contributed by atoms with Gasteiger partial charge in [0.15, 0.2) is 0 Å². The normalized spacial score (nSPS) is 10.7. The number of pyridine rings is 1.